The number of benzene rings is 7. The summed E-state index contributed by atoms with van der Waals surface area (Å²) in [7, 11) is 0. The summed E-state index contributed by atoms with van der Waals surface area (Å²) < 4.78 is 6.55. The van der Waals surface area contributed by atoms with Crippen molar-refractivity contribution in [2.75, 3.05) is 14.7 Å². The van der Waals surface area contributed by atoms with E-state index in [0.717, 1.165) is 66.7 Å². The van der Waals surface area contributed by atoms with Crippen LogP contribution in [0.25, 0.3) is 21.9 Å². The van der Waals surface area contributed by atoms with Gasteiger partial charge in [-0.05, 0) is 135 Å². The zero-order chi connectivity index (χ0) is 47.7. The largest absolute Gasteiger partial charge is 0.456 e. The highest BCUT2D eigenvalue weighted by Gasteiger charge is 2.47. The van der Waals surface area contributed by atoms with Crippen molar-refractivity contribution in [1.82, 2.24) is 4.98 Å². The van der Waals surface area contributed by atoms with Gasteiger partial charge in [-0.25, -0.2) is 0 Å². The van der Waals surface area contributed by atoms with E-state index in [9.17, 15) is 0 Å². The highest BCUT2D eigenvalue weighted by molar-refractivity contribution is 7.19. The van der Waals surface area contributed by atoms with E-state index < -0.39 is 0 Å². The minimum absolute atomic E-state index is 0.00199. The molecule has 2 aliphatic rings. The van der Waals surface area contributed by atoms with Crippen molar-refractivity contribution < 1.29 is 4.42 Å². The standard InChI is InChI=1S/C61H61BN4OS/c1-58(2,3)38-23-26-43(27-24-38)65-49-37-45(64(41-19-15-13-16-20-41)42-21-17-14-18-22-42)28-30-48(49)62-54-50(65)34-40(60(7,8)9)35-51(54)66(56-55(62)63-57(68-56)61(10,11)12)44-29-32-53-47(36-44)46-33-39(59(4,5)6)25-31-52(46)67-53/h13-37H,1-12H3. The Hall–Kier alpha value is -6.57. The summed E-state index contributed by atoms with van der Waals surface area (Å²) in [5.41, 5.74) is 18.0. The molecule has 0 saturated carbocycles. The summed E-state index contributed by atoms with van der Waals surface area (Å²) in [6.45, 7) is 27.5. The van der Waals surface area contributed by atoms with Crippen LogP contribution in [0.3, 0.4) is 0 Å². The van der Waals surface area contributed by atoms with Gasteiger partial charge in [-0.15, -0.1) is 11.3 Å². The fraction of sp³-hybridized carbons (Fsp3) is 0.262. The molecule has 0 radical (unpaired) electrons. The van der Waals surface area contributed by atoms with Crippen LogP contribution in [-0.2, 0) is 21.7 Å². The molecule has 340 valence electrons. The predicted molar refractivity (Wildman–Crippen MR) is 293 cm³/mol. The number of nitrogens with zero attached hydrogens (tertiary/aromatic N) is 4. The quantitative estimate of drug-likeness (QED) is 0.161. The van der Waals surface area contributed by atoms with Crippen molar-refractivity contribution >= 4 is 107 Å². The summed E-state index contributed by atoms with van der Waals surface area (Å²) in [4.78, 5) is 13.2. The molecule has 0 aliphatic carbocycles. The Bertz CT molecular complexity index is 3360. The predicted octanol–water partition coefficient (Wildman–Crippen LogP) is 15.8. The number of para-hydroxylation sites is 2. The minimum Gasteiger partial charge on any atom is -0.456 e. The number of rotatable bonds is 5. The molecular weight excluding hydrogens is 848 g/mol. The van der Waals surface area contributed by atoms with Gasteiger partial charge in [-0.2, -0.15) is 0 Å². The first kappa shape index (κ1) is 44.0. The Labute approximate surface area is 407 Å². The summed E-state index contributed by atoms with van der Waals surface area (Å²) in [5, 5.41) is 4.55. The number of fused-ring (bicyclic) bond motifs is 7. The highest BCUT2D eigenvalue weighted by Crippen LogP contribution is 2.50. The van der Waals surface area contributed by atoms with Crippen molar-refractivity contribution in [3.8, 4) is 0 Å². The lowest BCUT2D eigenvalue weighted by atomic mass is 9.35. The van der Waals surface area contributed by atoms with Crippen molar-refractivity contribution in [3.05, 3.63) is 173 Å². The Morgan fingerprint density at radius 3 is 1.60 bits per heavy atom. The van der Waals surface area contributed by atoms with E-state index in [1.807, 2.05) is 11.3 Å². The van der Waals surface area contributed by atoms with Gasteiger partial charge in [0.2, 0.25) is 0 Å². The monoisotopic (exact) mass is 908 g/mol. The minimum atomic E-state index is -0.165. The van der Waals surface area contributed by atoms with Gasteiger partial charge in [0.25, 0.3) is 6.71 Å². The molecule has 2 aromatic heterocycles. The molecule has 7 heteroatoms. The molecule has 0 N–H and O–H groups in total. The zero-order valence-corrected chi connectivity index (χ0v) is 42.4. The van der Waals surface area contributed by atoms with Gasteiger partial charge < -0.3 is 19.1 Å². The maximum atomic E-state index is 6.55. The van der Waals surface area contributed by atoms with Gasteiger partial charge in [0, 0.05) is 61.7 Å². The summed E-state index contributed by atoms with van der Waals surface area (Å²) in [6.07, 6.45) is 0. The SMILES string of the molecule is CC(C)(C)c1ccc(N2c3cc(N(c4ccccc4)c4ccccc4)ccc3B3c4nc(C(C)(C)C)sc4N(c4ccc5oc6ccc(C(C)(C)C)cc6c5c4)c4cc(C(C)(C)C)cc2c43)cc1. The van der Waals surface area contributed by atoms with Crippen LogP contribution in [0.1, 0.15) is 105 Å². The van der Waals surface area contributed by atoms with Crippen LogP contribution >= 0.6 is 11.3 Å². The topological polar surface area (TPSA) is 35.8 Å². The Balaban J connectivity index is 1.22. The Morgan fingerprint density at radius 2 is 1.01 bits per heavy atom. The van der Waals surface area contributed by atoms with Gasteiger partial charge in [0.05, 0.1) is 10.6 Å². The third-order valence-electron chi connectivity index (χ3n) is 13.9. The first-order valence-electron chi connectivity index (χ1n) is 24.2. The molecule has 68 heavy (non-hydrogen) atoms. The fourth-order valence-electron chi connectivity index (χ4n) is 10.1. The van der Waals surface area contributed by atoms with Gasteiger partial charge >= 0.3 is 0 Å². The van der Waals surface area contributed by atoms with E-state index in [-0.39, 0.29) is 28.4 Å². The van der Waals surface area contributed by atoms with Crippen LogP contribution < -0.4 is 31.2 Å². The molecule has 0 unspecified atom stereocenters. The maximum Gasteiger partial charge on any atom is 0.276 e. The maximum absolute atomic E-state index is 6.55. The molecule has 5 nitrogen and oxygen atoms in total. The van der Waals surface area contributed by atoms with Crippen molar-refractivity contribution in [3.63, 3.8) is 0 Å². The molecule has 0 spiro atoms. The van der Waals surface area contributed by atoms with Gasteiger partial charge in [0.15, 0.2) is 0 Å². The summed E-state index contributed by atoms with van der Waals surface area (Å²) in [5.74, 6) is 0. The lowest BCUT2D eigenvalue weighted by molar-refractivity contribution is 0.586. The van der Waals surface area contributed by atoms with Crippen molar-refractivity contribution in [1.29, 1.82) is 0 Å². The lowest BCUT2D eigenvalue weighted by Crippen LogP contribution is -2.61. The second kappa shape index (κ2) is 15.5. The second-order valence-electron chi connectivity index (χ2n) is 23.0. The first-order valence-corrected chi connectivity index (χ1v) is 25.0. The molecular formula is C61H61BN4OS. The fourth-order valence-corrected chi connectivity index (χ4v) is 11.3. The number of hydrogen-bond acceptors (Lipinski definition) is 6. The van der Waals surface area contributed by atoms with E-state index >= 15 is 0 Å². The Morgan fingerprint density at radius 1 is 0.471 bits per heavy atom. The van der Waals surface area contributed by atoms with E-state index in [0.29, 0.717) is 0 Å². The van der Waals surface area contributed by atoms with Gasteiger partial charge in [0.1, 0.15) is 16.2 Å². The molecule has 4 heterocycles. The lowest BCUT2D eigenvalue weighted by Gasteiger charge is -2.44. The third kappa shape index (κ3) is 7.33. The molecule has 7 aromatic carbocycles. The highest BCUT2D eigenvalue weighted by atomic mass is 32.1. The van der Waals surface area contributed by atoms with Crippen molar-refractivity contribution in [2.45, 2.75) is 105 Å². The van der Waals surface area contributed by atoms with E-state index in [2.05, 4.69) is 249 Å². The van der Waals surface area contributed by atoms with Gasteiger partial charge in [-0.3, -0.25) is 4.98 Å². The smallest absolute Gasteiger partial charge is 0.276 e. The molecule has 0 amide bonds. The molecule has 0 atom stereocenters. The van der Waals surface area contributed by atoms with Crippen LogP contribution in [0.15, 0.2) is 156 Å². The van der Waals surface area contributed by atoms with E-state index in [1.54, 1.807) is 0 Å². The average Bonchev–Trinajstić information content (AvgIpc) is 3.91. The number of hydrogen-bond donors (Lipinski definition) is 0. The third-order valence-corrected chi connectivity index (χ3v) is 15.4. The van der Waals surface area contributed by atoms with Gasteiger partial charge in [-0.1, -0.05) is 144 Å². The van der Waals surface area contributed by atoms with Crippen LogP contribution in [-0.4, -0.2) is 11.7 Å². The molecule has 2 aliphatic heterocycles. The number of thiazole rings is 1. The summed E-state index contributed by atoms with van der Waals surface area (Å²) in [6, 6.07) is 56.3. The van der Waals surface area contributed by atoms with Crippen LogP contribution in [0.4, 0.5) is 50.5 Å². The Kier molecular flexibility index (Phi) is 10.0. The van der Waals surface area contributed by atoms with E-state index in [4.69, 9.17) is 9.40 Å². The van der Waals surface area contributed by atoms with Crippen molar-refractivity contribution in [2.24, 2.45) is 0 Å². The zero-order valence-electron chi connectivity index (χ0n) is 41.6. The van der Waals surface area contributed by atoms with E-state index in [1.165, 1.54) is 44.0 Å². The second-order valence-corrected chi connectivity index (χ2v) is 24.0. The van der Waals surface area contributed by atoms with Crippen LogP contribution in [0.5, 0.6) is 0 Å². The number of furan rings is 1. The number of aromatic nitrogens is 1. The molecule has 9 aromatic rings. The molecule has 11 rings (SSSR count). The summed E-state index contributed by atoms with van der Waals surface area (Å²) >= 11 is 1.84. The molecule has 0 bridgehead atoms. The number of anilines is 9. The van der Waals surface area contributed by atoms with Crippen LogP contribution in [0, 0.1) is 0 Å². The normalized spacial score (nSPS) is 13.8. The first-order chi connectivity index (χ1) is 32.2. The molecule has 0 fully saturated rings. The van der Waals surface area contributed by atoms with Crippen LogP contribution in [0.2, 0.25) is 0 Å². The molecule has 0 saturated heterocycles. The average molecular weight is 909 g/mol.